The Hall–Kier alpha value is -2.06. The van der Waals surface area contributed by atoms with Crippen molar-refractivity contribution < 1.29 is 4.74 Å². The molecule has 0 radical (unpaired) electrons. The average Bonchev–Trinajstić information content (AvgIpc) is 2.75. The first kappa shape index (κ1) is 20.7. The molecule has 150 valence electrons. The Morgan fingerprint density at radius 2 is 1.79 bits per heavy atom. The maximum atomic E-state index is 5.92. The van der Waals surface area contributed by atoms with E-state index < -0.39 is 0 Å². The Morgan fingerprint density at radius 3 is 2.46 bits per heavy atom. The van der Waals surface area contributed by atoms with Gasteiger partial charge in [-0.05, 0) is 61.3 Å². The van der Waals surface area contributed by atoms with E-state index in [9.17, 15) is 0 Å². The van der Waals surface area contributed by atoms with Crippen molar-refractivity contribution in [2.75, 3.05) is 19.7 Å². The van der Waals surface area contributed by atoms with Gasteiger partial charge in [-0.1, -0.05) is 68.0 Å². The van der Waals surface area contributed by atoms with E-state index in [1.165, 1.54) is 43.4 Å². The standard InChI is InChI=1S/C26H35NO/c1-3-22(2)25-12-14-26(15-13-25)28-20-8-7-9-23-16-18-27(19-17-23)21-24-10-5-4-6-11-24/h4-6,10-16,22H,3,7-9,17-21H2,1-2H3/t22-/m1/s1. The summed E-state index contributed by atoms with van der Waals surface area (Å²) in [6.45, 7) is 8.65. The number of rotatable bonds is 10. The molecular formula is C26H35NO. The van der Waals surface area contributed by atoms with Crippen molar-refractivity contribution in [3.63, 3.8) is 0 Å². The molecule has 1 atom stereocenters. The van der Waals surface area contributed by atoms with Gasteiger partial charge in [-0.2, -0.15) is 0 Å². The van der Waals surface area contributed by atoms with Crippen LogP contribution in [0.3, 0.4) is 0 Å². The van der Waals surface area contributed by atoms with Gasteiger partial charge in [0, 0.05) is 19.6 Å². The molecule has 1 aliphatic heterocycles. The monoisotopic (exact) mass is 377 g/mol. The topological polar surface area (TPSA) is 12.5 Å². The predicted molar refractivity (Wildman–Crippen MR) is 119 cm³/mol. The van der Waals surface area contributed by atoms with E-state index in [2.05, 4.69) is 79.4 Å². The quantitative estimate of drug-likeness (QED) is 0.342. The van der Waals surface area contributed by atoms with E-state index in [4.69, 9.17) is 4.74 Å². The van der Waals surface area contributed by atoms with Crippen LogP contribution in [0.5, 0.6) is 5.75 Å². The summed E-state index contributed by atoms with van der Waals surface area (Å²) >= 11 is 0. The first-order chi connectivity index (χ1) is 13.7. The van der Waals surface area contributed by atoms with Crippen LogP contribution < -0.4 is 4.74 Å². The zero-order valence-corrected chi connectivity index (χ0v) is 17.6. The summed E-state index contributed by atoms with van der Waals surface area (Å²) in [4.78, 5) is 2.53. The van der Waals surface area contributed by atoms with Crippen molar-refractivity contribution in [1.82, 2.24) is 4.90 Å². The van der Waals surface area contributed by atoms with Crippen LogP contribution in [0.1, 0.15) is 63.0 Å². The van der Waals surface area contributed by atoms with Crippen LogP contribution in [0.25, 0.3) is 0 Å². The summed E-state index contributed by atoms with van der Waals surface area (Å²) < 4.78 is 5.92. The second-order valence-corrected chi connectivity index (χ2v) is 8.02. The van der Waals surface area contributed by atoms with Gasteiger partial charge in [0.2, 0.25) is 0 Å². The van der Waals surface area contributed by atoms with Gasteiger partial charge in [-0.3, -0.25) is 4.90 Å². The molecule has 2 aromatic carbocycles. The smallest absolute Gasteiger partial charge is 0.119 e. The normalized spacial score (nSPS) is 15.9. The van der Waals surface area contributed by atoms with Crippen LogP contribution in [0.2, 0.25) is 0 Å². The molecule has 0 aromatic heterocycles. The molecule has 28 heavy (non-hydrogen) atoms. The van der Waals surface area contributed by atoms with Crippen molar-refractivity contribution in [2.45, 2.75) is 58.4 Å². The number of benzene rings is 2. The van der Waals surface area contributed by atoms with E-state index >= 15 is 0 Å². The first-order valence-corrected chi connectivity index (χ1v) is 10.9. The number of ether oxygens (including phenoxy) is 1. The lowest BCUT2D eigenvalue weighted by Crippen LogP contribution is -2.28. The minimum Gasteiger partial charge on any atom is -0.494 e. The zero-order chi connectivity index (χ0) is 19.6. The van der Waals surface area contributed by atoms with Crippen LogP contribution >= 0.6 is 0 Å². The van der Waals surface area contributed by atoms with Gasteiger partial charge < -0.3 is 4.74 Å². The summed E-state index contributed by atoms with van der Waals surface area (Å²) in [6.07, 6.45) is 8.40. The van der Waals surface area contributed by atoms with Gasteiger partial charge in [0.05, 0.1) is 6.61 Å². The highest BCUT2D eigenvalue weighted by atomic mass is 16.5. The molecule has 2 heteroatoms. The predicted octanol–water partition coefficient (Wildman–Crippen LogP) is 6.58. The largest absolute Gasteiger partial charge is 0.494 e. The Labute approximate surface area is 171 Å². The van der Waals surface area contributed by atoms with Gasteiger partial charge in [-0.25, -0.2) is 0 Å². The minimum atomic E-state index is 0.626. The molecule has 0 unspecified atom stereocenters. The Bertz CT molecular complexity index is 720. The molecule has 0 N–H and O–H groups in total. The van der Waals surface area contributed by atoms with E-state index in [1.807, 2.05) is 0 Å². The summed E-state index contributed by atoms with van der Waals surface area (Å²) in [5.41, 5.74) is 4.44. The fourth-order valence-electron chi connectivity index (χ4n) is 3.74. The molecule has 2 nitrogen and oxygen atoms in total. The summed E-state index contributed by atoms with van der Waals surface area (Å²) in [5.74, 6) is 1.63. The second-order valence-electron chi connectivity index (χ2n) is 8.02. The molecule has 0 saturated heterocycles. The number of hydrogen-bond acceptors (Lipinski definition) is 2. The van der Waals surface area contributed by atoms with E-state index in [0.29, 0.717) is 5.92 Å². The Balaban J connectivity index is 1.30. The van der Waals surface area contributed by atoms with Crippen LogP contribution in [-0.2, 0) is 6.54 Å². The second kappa shape index (κ2) is 11.1. The Kier molecular flexibility index (Phi) is 8.17. The minimum absolute atomic E-state index is 0.626. The molecule has 0 saturated carbocycles. The maximum absolute atomic E-state index is 5.92. The van der Waals surface area contributed by atoms with Crippen LogP contribution in [-0.4, -0.2) is 24.6 Å². The third kappa shape index (κ3) is 6.53. The van der Waals surface area contributed by atoms with Crippen molar-refractivity contribution in [3.8, 4) is 5.75 Å². The molecular weight excluding hydrogens is 342 g/mol. The van der Waals surface area contributed by atoms with Gasteiger partial charge in [-0.15, -0.1) is 0 Å². The Morgan fingerprint density at radius 1 is 1.00 bits per heavy atom. The third-order valence-corrected chi connectivity index (χ3v) is 5.86. The van der Waals surface area contributed by atoms with Gasteiger partial charge in [0.25, 0.3) is 0 Å². The number of hydrogen-bond donors (Lipinski definition) is 0. The van der Waals surface area contributed by atoms with Crippen LogP contribution in [0, 0.1) is 0 Å². The number of unbranched alkanes of at least 4 members (excludes halogenated alkanes) is 1. The molecule has 2 aromatic rings. The maximum Gasteiger partial charge on any atom is 0.119 e. The highest BCUT2D eigenvalue weighted by Crippen LogP contribution is 2.22. The zero-order valence-electron chi connectivity index (χ0n) is 17.6. The fraction of sp³-hybridized carbons (Fsp3) is 0.462. The lowest BCUT2D eigenvalue weighted by Gasteiger charge is -2.26. The summed E-state index contributed by atoms with van der Waals surface area (Å²) in [7, 11) is 0. The molecule has 0 aliphatic carbocycles. The molecule has 0 spiro atoms. The number of nitrogens with zero attached hydrogens (tertiary/aromatic N) is 1. The highest BCUT2D eigenvalue weighted by Gasteiger charge is 2.11. The molecule has 0 amide bonds. The van der Waals surface area contributed by atoms with Gasteiger partial charge in [0.15, 0.2) is 0 Å². The average molecular weight is 378 g/mol. The van der Waals surface area contributed by atoms with Crippen LogP contribution in [0.15, 0.2) is 66.2 Å². The van der Waals surface area contributed by atoms with Crippen molar-refractivity contribution in [1.29, 1.82) is 0 Å². The molecule has 3 rings (SSSR count). The summed E-state index contributed by atoms with van der Waals surface area (Å²) in [6, 6.07) is 19.4. The molecule has 1 heterocycles. The molecule has 0 fully saturated rings. The molecule has 1 aliphatic rings. The van der Waals surface area contributed by atoms with E-state index in [-0.39, 0.29) is 0 Å². The van der Waals surface area contributed by atoms with Crippen molar-refractivity contribution in [2.24, 2.45) is 0 Å². The lowest BCUT2D eigenvalue weighted by atomic mass is 9.99. The SMILES string of the molecule is CC[C@@H](C)c1ccc(OCCCCC2=CCN(Cc3ccccc3)CC2)cc1. The van der Waals surface area contributed by atoms with Crippen molar-refractivity contribution in [3.05, 3.63) is 77.4 Å². The fourth-order valence-corrected chi connectivity index (χ4v) is 3.74. The van der Waals surface area contributed by atoms with Crippen molar-refractivity contribution >= 4 is 0 Å². The highest BCUT2D eigenvalue weighted by molar-refractivity contribution is 5.29. The summed E-state index contributed by atoms with van der Waals surface area (Å²) in [5, 5.41) is 0. The van der Waals surface area contributed by atoms with Crippen LogP contribution in [0.4, 0.5) is 0 Å². The third-order valence-electron chi connectivity index (χ3n) is 5.86. The molecule has 0 bridgehead atoms. The van der Waals surface area contributed by atoms with E-state index in [1.54, 1.807) is 5.57 Å². The van der Waals surface area contributed by atoms with Gasteiger partial charge >= 0.3 is 0 Å². The lowest BCUT2D eigenvalue weighted by molar-refractivity contribution is 0.281. The van der Waals surface area contributed by atoms with E-state index in [0.717, 1.165) is 31.9 Å². The first-order valence-electron chi connectivity index (χ1n) is 10.9. The van der Waals surface area contributed by atoms with Gasteiger partial charge in [0.1, 0.15) is 5.75 Å².